The summed E-state index contributed by atoms with van der Waals surface area (Å²) in [5.74, 6) is -0.458. The Kier molecular flexibility index (Phi) is 7.18. The maximum atomic E-state index is 13.2. The zero-order valence-corrected chi connectivity index (χ0v) is 23.1. The summed E-state index contributed by atoms with van der Waals surface area (Å²) < 4.78 is 11.9. The van der Waals surface area contributed by atoms with E-state index in [0.717, 1.165) is 27.6 Å². The van der Waals surface area contributed by atoms with Crippen molar-refractivity contribution in [2.75, 3.05) is 19.8 Å². The van der Waals surface area contributed by atoms with E-state index in [2.05, 4.69) is 33.1 Å². The van der Waals surface area contributed by atoms with Crippen molar-refractivity contribution in [3.05, 3.63) is 52.6 Å². The SMILES string of the molecule is Bc1c(C(B)N2CCOCC2=O)ccc(C(B)(B)Oc2cccc3c2CN(C2CCC(=O)NC2=O)C3=O)c1B. The summed E-state index contributed by atoms with van der Waals surface area (Å²) in [6.07, 6.45) is 0.519. The number of hydrogen-bond donors (Lipinski definition) is 1. The van der Waals surface area contributed by atoms with E-state index < -0.39 is 17.3 Å². The molecule has 196 valence electrons. The van der Waals surface area contributed by atoms with Gasteiger partial charge < -0.3 is 19.3 Å². The predicted octanol–water partition coefficient (Wildman–Crippen LogP) is -5.09. The first-order chi connectivity index (χ1) is 18.5. The number of ether oxygens (including phenoxy) is 2. The first kappa shape index (κ1) is 27.2. The molecule has 14 heteroatoms. The zero-order valence-electron chi connectivity index (χ0n) is 23.1. The second kappa shape index (κ2) is 10.3. The molecule has 2 fully saturated rings. The van der Waals surface area contributed by atoms with Crippen LogP contribution < -0.4 is 21.0 Å². The minimum Gasteiger partial charge on any atom is -0.501 e. The molecule has 0 saturated carbocycles. The van der Waals surface area contributed by atoms with E-state index in [4.69, 9.17) is 9.47 Å². The second-order valence-corrected chi connectivity index (χ2v) is 11.1. The number of hydrogen-bond acceptors (Lipinski definition) is 6. The summed E-state index contributed by atoms with van der Waals surface area (Å²) in [5, 5.41) is 1.61. The van der Waals surface area contributed by atoms with Gasteiger partial charge in [0.2, 0.25) is 17.7 Å². The molecule has 1 N–H and O–H groups in total. The molecule has 0 aliphatic carbocycles. The van der Waals surface area contributed by atoms with Crippen LogP contribution in [0.4, 0.5) is 0 Å². The summed E-state index contributed by atoms with van der Waals surface area (Å²) in [6, 6.07) is 8.84. The summed E-state index contributed by atoms with van der Waals surface area (Å²) >= 11 is 0. The fraction of sp³-hybridized carbons (Fsp3) is 0.360. The number of rotatable bonds is 6. The second-order valence-electron chi connectivity index (χ2n) is 11.1. The molecule has 3 aliphatic heterocycles. The molecule has 0 aromatic heterocycles. The van der Waals surface area contributed by atoms with Crippen LogP contribution in [0.3, 0.4) is 0 Å². The van der Waals surface area contributed by atoms with Gasteiger partial charge in [0.15, 0.2) is 15.7 Å². The van der Waals surface area contributed by atoms with Crippen LogP contribution in [0.1, 0.15) is 45.8 Å². The molecule has 0 spiro atoms. The molecule has 2 saturated heterocycles. The normalized spacial score (nSPS) is 20.6. The maximum absolute atomic E-state index is 13.2. The quantitative estimate of drug-likeness (QED) is 0.301. The Morgan fingerprint density at radius 3 is 2.56 bits per heavy atom. The number of nitrogens with one attached hydrogen (secondary N) is 1. The number of piperidine rings is 1. The molecule has 9 nitrogen and oxygen atoms in total. The molecule has 0 bridgehead atoms. The number of fused-ring (bicyclic) bond motifs is 1. The highest BCUT2D eigenvalue weighted by Crippen LogP contribution is 2.36. The highest BCUT2D eigenvalue weighted by molar-refractivity contribution is 6.52. The highest BCUT2D eigenvalue weighted by Gasteiger charge is 2.41. The summed E-state index contributed by atoms with van der Waals surface area (Å²) in [7, 11) is 10.2. The van der Waals surface area contributed by atoms with Gasteiger partial charge in [0, 0.05) is 30.0 Å². The van der Waals surface area contributed by atoms with Crippen LogP contribution in [0.5, 0.6) is 5.75 Å². The summed E-state index contributed by atoms with van der Waals surface area (Å²) in [5.41, 5.74) is 5.54. The van der Waals surface area contributed by atoms with E-state index in [1.54, 1.807) is 12.1 Å². The molecule has 4 amide bonds. The molecule has 5 rings (SSSR count). The number of imide groups is 1. The van der Waals surface area contributed by atoms with Crippen LogP contribution >= 0.6 is 0 Å². The van der Waals surface area contributed by atoms with Gasteiger partial charge in [-0.3, -0.25) is 24.5 Å². The van der Waals surface area contributed by atoms with Crippen LogP contribution in [0, 0.1) is 0 Å². The van der Waals surface area contributed by atoms with Crippen molar-refractivity contribution in [2.45, 2.75) is 36.8 Å². The van der Waals surface area contributed by atoms with E-state index in [1.807, 2.05) is 34.5 Å². The lowest BCUT2D eigenvalue weighted by molar-refractivity contribution is -0.143. The van der Waals surface area contributed by atoms with Gasteiger partial charge in [-0.2, -0.15) is 0 Å². The maximum Gasteiger partial charge on any atom is 0.255 e. The summed E-state index contributed by atoms with van der Waals surface area (Å²) in [4.78, 5) is 53.1. The molecule has 2 atom stereocenters. The zero-order chi connectivity index (χ0) is 28.1. The monoisotopic (exact) mass is 523 g/mol. The van der Waals surface area contributed by atoms with Crippen molar-refractivity contribution in [2.24, 2.45) is 0 Å². The fourth-order valence-electron chi connectivity index (χ4n) is 6.04. The number of nitrogens with zero attached hydrogens (tertiary/aromatic N) is 2. The van der Waals surface area contributed by atoms with Crippen molar-refractivity contribution in [3.63, 3.8) is 0 Å². The first-order valence-electron chi connectivity index (χ1n) is 13.4. The van der Waals surface area contributed by atoms with E-state index in [-0.39, 0.29) is 43.2 Å². The Bertz CT molecular complexity index is 1390. The van der Waals surface area contributed by atoms with Gasteiger partial charge in [-0.25, -0.2) is 0 Å². The highest BCUT2D eigenvalue weighted by atomic mass is 16.5. The average molecular weight is 523 g/mol. The van der Waals surface area contributed by atoms with E-state index in [0.29, 0.717) is 30.9 Å². The van der Waals surface area contributed by atoms with Gasteiger partial charge in [-0.1, -0.05) is 29.1 Å². The standard InChI is InChI=1S/C25H30B5N3O6/c26-20-13(22(28)32-8-9-38-11-19(32)35)4-5-15(21(20)27)25(29,30)39-17-3-1-2-12-14(17)10-33(24(12)37)16-6-7-18(34)31-23(16)36/h1-5,16,22H,6-11,26-30H2,(H,31,34,36). The Labute approximate surface area is 232 Å². The minimum absolute atomic E-state index is 0.00243. The lowest BCUT2D eigenvalue weighted by Crippen LogP contribution is -2.52. The van der Waals surface area contributed by atoms with Crippen molar-refractivity contribution in [3.8, 4) is 5.75 Å². The van der Waals surface area contributed by atoms with Crippen molar-refractivity contribution in [1.82, 2.24) is 15.1 Å². The third kappa shape index (κ3) is 4.90. The van der Waals surface area contributed by atoms with Gasteiger partial charge in [0.25, 0.3) is 5.91 Å². The molecule has 2 unspecified atom stereocenters. The van der Waals surface area contributed by atoms with E-state index >= 15 is 0 Å². The first-order valence-corrected chi connectivity index (χ1v) is 13.4. The number of benzene rings is 2. The topological polar surface area (TPSA) is 105 Å². The van der Waals surface area contributed by atoms with E-state index in [1.165, 1.54) is 4.90 Å². The molecule has 2 aromatic carbocycles. The number of amides is 4. The van der Waals surface area contributed by atoms with Crippen LogP contribution in [0.2, 0.25) is 0 Å². The lowest BCUT2D eigenvalue weighted by atomic mass is 9.56. The van der Waals surface area contributed by atoms with Crippen LogP contribution in [0.15, 0.2) is 30.3 Å². The average Bonchev–Trinajstić information content (AvgIpc) is 3.22. The van der Waals surface area contributed by atoms with Gasteiger partial charge in [0.05, 0.1) is 18.6 Å². The van der Waals surface area contributed by atoms with Crippen LogP contribution in [-0.4, -0.2) is 98.5 Å². The minimum atomic E-state index is -0.731. The Balaban J connectivity index is 1.40. The fourth-order valence-corrected chi connectivity index (χ4v) is 6.04. The van der Waals surface area contributed by atoms with Gasteiger partial charge in [-0.05, 0) is 29.7 Å². The van der Waals surface area contributed by atoms with E-state index in [9.17, 15) is 19.2 Å². The molecule has 2 aromatic rings. The van der Waals surface area contributed by atoms with Crippen molar-refractivity contribution < 1.29 is 28.7 Å². The molecule has 39 heavy (non-hydrogen) atoms. The van der Waals surface area contributed by atoms with Gasteiger partial charge in [-0.15, -0.1) is 0 Å². The molecule has 3 aliphatic rings. The van der Waals surface area contributed by atoms with Crippen molar-refractivity contribution >= 4 is 73.8 Å². The number of carbonyl (C=O) groups excluding carboxylic acids is 4. The molecular weight excluding hydrogens is 492 g/mol. The smallest absolute Gasteiger partial charge is 0.255 e. The van der Waals surface area contributed by atoms with Gasteiger partial charge >= 0.3 is 0 Å². The third-order valence-corrected chi connectivity index (χ3v) is 8.32. The lowest BCUT2D eigenvalue weighted by Gasteiger charge is -2.36. The molecule has 3 heterocycles. The molecular formula is C25H30B5N3O6. The molecule has 0 radical (unpaired) electrons. The third-order valence-electron chi connectivity index (χ3n) is 8.32. The summed E-state index contributed by atoms with van der Waals surface area (Å²) in [6.45, 7) is 1.47. The number of morpholine rings is 1. The predicted molar refractivity (Wildman–Crippen MR) is 158 cm³/mol. The Hall–Kier alpha value is -3.40. The van der Waals surface area contributed by atoms with Crippen LogP contribution in [-0.2, 0) is 31.1 Å². The number of carbonyl (C=O) groups is 4. The van der Waals surface area contributed by atoms with Gasteiger partial charge in [0.1, 0.15) is 41.9 Å². The van der Waals surface area contributed by atoms with Crippen molar-refractivity contribution in [1.29, 1.82) is 0 Å². The Morgan fingerprint density at radius 2 is 1.85 bits per heavy atom. The van der Waals surface area contributed by atoms with Crippen LogP contribution in [0.25, 0.3) is 0 Å². The largest absolute Gasteiger partial charge is 0.501 e. The Morgan fingerprint density at radius 1 is 1.08 bits per heavy atom.